The van der Waals surface area contributed by atoms with Crippen LogP contribution in [-0.4, -0.2) is 48.2 Å². The zero-order valence-electron chi connectivity index (χ0n) is 17.1. The number of fused-ring (bicyclic) bond motifs is 2. The molecule has 160 valence electrons. The van der Waals surface area contributed by atoms with Crippen LogP contribution in [0, 0.1) is 5.82 Å². The van der Waals surface area contributed by atoms with Crippen molar-refractivity contribution in [2.24, 2.45) is 0 Å². The molecule has 32 heavy (non-hydrogen) atoms. The van der Waals surface area contributed by atoms with Gasteiger partial charge >= 0.3 is 0 Å². The molecule has 0 bridgehead atoms. The fourth-order valence-corrected chi connectivity index (χ4v) is 4.33. The molecule has 0 aromatic carbocycles. The number of rotatable bonds is 3. The first-order chi connectivity index (χ1) is 15.7. The van der Waals surface area contributed by atoms with Gasteiger partial charge in [0.2, 0.25) is 0 Å². The first kappa shape index (κ1) is 18.7. The molecule has 0 saturated carbocycles. The summed E-state index contributed by atoms with van der Waals surface area (Å²) in [4.78, 5) is 23.1. The Morgan fingerprint density at radius 2 is 1.91 bits per heavy atom. The summed E-state index contributed by atoms with van der Waals surface area (Å²) in [5.74, 6) is -0.0254. The van der Waals surface area contributed by atoms with Crippen LogP contribution in [0.1, 0.15) is 19.3 Å². The van der Waals surface area contributed by atoms with Gasteiger partial charge in [0.1, 0.15) is 17.0 Å². The molecular formula is C22H20FN9. The van der Waals surface area contributed by atoms with E-state index >= 15 is 4.39 Å². The Labute approximate surface area is 181 Å². The Balaban J connectivity index is 1.50. The topological polar surface area (TPSA) is 125 Å². The van der Waals surface area contributed by atoms with E-state index in [1.54, 1.807) is 18.5 Å². The van der Waals surface area contributed by atoms with Gasteiger partial charge in [-0.3, -0.25) is 10.1 Å². The first-order valence-corrected chi connectivity index (χ1v) is 10.5. The van der Waals surface area contributed by atoms with Gasteiger partial charge < -0.3 is 15.6 Å². The lowest BCUT2D eigenvalue weighted by Gasteiger charge is -2.28. The fourth-order valence-electron chi connectivity index (χ4n) is 4.33. The summed E-state index contributed by atoms with van der Waals surface area (Å²) in [5, 5.41) is 7.37. The molecule has 0 radical (unpaired) electrons. The van der Waals surface area contributed by atoms with E-state index < -0.39 is 5.82 Å². The van der Waals surface area contributed by atoms with Gasteiger partial charge in [-0.05, 0) is 31.4 Å². The standard InChI is InChI=1S/C22H20FN9/c23-17-14(12-8-13(24)10-25-9-12)11-27-20-16(17)19(30-31-20)22-28-18-15(4-5-26-21(18)29-22)32-6-2-1-3-7-32/h4-5,8-11H,1-3,6-7,24H2,(H,26,28,29)(H,27,30,31). The molecule has 10 heteroatoms. The predicted octanol–water partition coefficient (Wildman–Crippen LogP) is 3.67. The van der Waals surface area contributed by atoms with E-state index in [-0.39, 0.29) is 5.39 Å². The third-order valence-corrected chi connectivity index (χ3v) is 5.88. The number of halogens is 1. The summed E-state index contributed by atoms with van der Waals surface area (Å²) in [6.45, 7) is 1.98. The van der Waals surface area contributed by atoms with Gasteiger partial charge in [0, 0.05) is 49.0 Å². The number of nitrogens with zero attached hydrogens (tertiary/aromatic N) is 6. The maximum atomic E-state index is 15.7. The molecule has 1 fully saturated rings. The molecule has 1 aliphatic rings. The highest BCUT2D eigenvalue weighted by atomic mass is 19.1. The minimum Gasteiger partial charge on any atom is -0.397 e. The number of pyridine rings is 3. The number of hydrogen-bond acceptors (Lipinski definition) is 7. The van der Waals surface area contributed by atoms with Crippen molar-refractivity contribution in [3.8, 4) is 22.6 Å². The number of imidazole rings is 1. The van der Waals surface area contributed by atoms with Gasteiger partial charge in [0.05, 0.1) is 16.8 Å². The summed E-state index contributed by atoms with van der Waals surface area (Å²) in [7, 11) is 0. The van der Waals surface area contributed by atoms with Crippen molar-refractivity contribution >= 4 is 33.6 Å². The highest BCUT2D eigenvalue weighted by Crippen LogP contribution is 2.34. The van der Waals surface area contributed by atoms with Crippen LogP contribution in [0.15, 0.2) is 36.9 Å². The van der Waals surface area contributed by atoms with Crippen LogP contribution in [0.5, 0.6) is 0 Å². The predicted molar refractivity (Wildman–Crippen MR) is 120 cm³/mol. The Morgan fingerprint density at radius 1 is 1.03 bits per heavy atom. The van der Waals surface area contributed by atoms with Gasteiger partial charge in [0.25, 0.3) is 0 Å². The summed E-state index contributed by atoms with van der Waals surface area (Å²) in [6, 6.07) is 3.64. The van der Waals surface area contributed by atoms with Crippen molar-refractivity contribution in [2.45, 2.75) is 19.3 Å². The minimum atomic E-state index is -0.462. The van der Waals surface area contributed by atoms with E-state index in [4.69, 9.17) is 10.7 Å². The number of aromatic nitrogens is 7. The average molecular weight is 429 g/mol. The van der Waals surface area contributed by atoms with Crippen LogP contribution in [0.4, 0.5) is 15.8 Å². The largest absolute Gasteiger partial charge is 0.397 e. The molecule has 4 N–H and O–H groups in total. The van der Waals surface area contributed by atoms with Crippen molar-refractivity contribution in [3.63, 3.8) is 0 Å². The normalized spacial score (nSPS) is 14.5. The Bertz CT molecular complexity index is 1450. The highest BCUT2D eigenvalue weighted by Gasteiger charge is 2.22. The van der Waals surface area contributed by atoms with Crippen molar-refractivity contribution < 1.29 is 4.39 Å². The monoisotopic (exact) mass is 429 g/mol. The maximum Gasteiger partial charge on any atom is 0.161 e. The molecule has 9 nitrogen and oxygen atoms in total. The lowest BCUT2D eigenvalue weighted by molar-refractivity contribution is 0.578. The molecule has 6 rings (SSSR count). The average Bonchev–Trinajstić information content (AvgIpc) is 3.44. The quantitative estimate of drug-likeness (QED) is 0.399. The number of nitrogens with two attached hydrogens (primary N) is 1. The summed E-state index contributed by atoms with van der Waals surface area (Å²) >= 11 is 0. The van der Waals surface area contributed by atoms with E-state index in [2.05, 4.69) is 35.0 Å². The SMILES string of the molecule is Nc1cncc(-c2cnc3[nH]nc(-c4nc5c(N6CCCCC6)ccnc5[nH]4)c3c2F)c1. The molecule has 5 aromatic rings. The van der Waals surface area contributed by atoms with Gasteiger partial charge in [-0.15, -0.1) is 0 Å². The summed E-state index contributed by atoms with van der Waals surface area (Å²) < 4.78 is 15.7. The highest BCUT2D eigenvalue weighted by molar-refractivity contribution is 5.95. The third kappa shape index (κ3) is 2.95. The van der Waals surface area contributed by atoms with E-state index in [1.165, 1.54) is 18.8 Å². The summed E-state index contributed by atoms with van der Waals surface area (Å²) in [6.07, 6.45) is 9.84. The zero-order chi connectivity index (χ0) is 21.7. The van der Waals surface area contributed by atoms with Crippen LogP contribution < -0.4 is 10.6 Å². The van der Waals surface area contributed by atoms with Crippen LogP contribution >= 0.6 is 0 Å². The van der Waals surface area contributed by atoms with E-state index in [0.29, 0.717) is 39.6 Å². The third-order valence-electron chi connectivity index (χ3n) is 5.88. The smallest absolute Gasteiger partial charge is 0.161 e. The minimum absolute atomic E-state index is 0.253. The molecule has 6 heterocycles. The molecule has 5 aromatic heterocycles. The van der Waals surface area contributed by atoms with Crippen molar-refractivity contribution in [1.29, 1.82) is 0 Å². The van der Waals surface area contributed by atoms with Crippen LogP contribution in [0.2, 0.25) is 0 Å². The Hall–Kier alpha value is -4.08. The molecule has 0 aliphatic carbocycles. The fraction of sp³-hybridized carbons (Fsp3) is 0.227. The van der Waals surface area contributed by atoms with Crippen molar-refractivity contribution in [3.05, 3.63) is 42.7 Å². The Morgan fingerprint density at radius 3 is 2.75 bits per heavy atom. The number of hydrogen-bond donors (Lipinski definition) is 3. The number of nitrogens with one attached hydrogen (secondary N) is 2. The zero-order valence-corrected chi connectivity index (χ0v) is 17.1. The Kier molecular flexibility index (Phi) is 4.23. The molecule has 1 saturated heterocycles. The number of aromatic amines is 2. The lowest BCUT2D eigenvalue weighted by atomic mass is 10.1. The molecule has 0 spiro atoms. The number of nitrogen functional groups attached to an aromatic ring is 1. The first-order valence-electron chi connectivity index (χ1n) is 10.5. The molecule has 0 unspecified atom stereocenters. The van der Waals surface area contributed by atoms with Gasteiger partial charge in [0.15, 0.2) is 17.1 Å². The van der Waals surface area contributed by atoms with Gasteiger partial charge in [-0.2, -0.15) is 5.10 Å². The molecular weight excluding hydrogens is 409 g/mol. The molecule has 0 amide bonds. The second-order valence-corrected chi connectivity index (χ2v) is 7.95. The number of piperidine rings is 1. The molecule has 0 atom stereocenters. The van der Waals surface area contributed by atoms with Gasteiger partial charge in [-0.25, -0.2) is 19.3 Å². The second-order valence-electron chi connectivity index (χ2n) is 7.95. The van der Waals surface area contributed by atoms with Crippen molar-refractivity contribution in [2.75, 3.05) is 23.7 Å². The van der Waals surface area contributed by atoms with Crippen LogP contribution in [0.25, 0.3) is 44.8 Å². The van der Waals surface area contributed by atoms with E-state index in [0.717, 1.165) is 37.1 Å². The van der Waals surface area contributed by atoms with Crippen LogP contribution in [0.3, 0.4) is 0 Å². The van der Waals surface area contributed by atoms with E-state index in [1.807, 2.05) is 6.07 Å². The van der Waals surface area contributed by atoms with Crippen molar-refractivity contribution in [1.82, 2.24) is 35.1 Å². The number of H-pyrrole nitrogens is 2. The van der Waals surface area contributed by atoms with E-state index in [9.17, 15) is 0 Å². The second kappa shape index (κ2) is 7.26. The molecule has 1 aliphatic heterocycles. The number of anilines is 2. The summed E-state index contributed by atoms with van der Waals surface area (Å²) in [5.41, 5.74) is 10.2. The maximum absolute atomic E-state index is 15.7. The van der Waals surface area contributed by atoms with Gasteiger partial charge in [-0.1, -0.05) is 0 Å². The van der Waals surface area contributed by atoms with Crippen LogP contribution in [-0.2, 0) is 0 Å². The lowest BCUT2D eigenvalue weighted by Crippen LogP contribution is -2.29.